The van der Waals surface area contributed by atoms with E-state index in [-0.39, 0.29) is 12.1 Å². The molecule has 5 nitrogen and oxygen atoms in total. The molecule has 4 rings (SSSR count). The molecule has 0 saturated carbocycles. The zero-order chi connectivity index (χ0) is 19.7. The summed E-state index contributed by atoms with van der Waals surface area (Å²) >= 11 is 5.52. The standard InChI is InChI=1S/C21H24BrN3O2S/c1-4-14-12-28-21-24-18(16-8-6-7-9-23-16)19(25(14)21)13-10-15(22)20(26-3)17(11-13)27-5-2/h6-11,14,18-19H,4-5,12H2,1-3H3/t14-,18-,19+/m1/s1. The molecule has 1 saturated heterocycles. The van der Waals surface area contributed by atoms with Crippen LogP contribution in [-0.2, 0) is 0 Å². The van der Waals surface area contributed by atoms with Gasteiger partial charge in [0.1, 0.15) is 6.04 Å². The third-order valence-corrected chi connectivity index (χ3v) is 6.92. The summed E-state index contributed by atoms with van der Waals surface area (Å²) in [6.07, 6.45) is 2.93. The lowest BCUT2D eigenvalue weighted by molar-refractivity contribution is 0.253. The quantitative estimate of drug-likeness (QED) is 0.588. The number of pyridine rings is 1. The fraction of sp³-hybridized carbons (Fsp3) is 0.429. The maximum Gasteiger partial charge on any atom is 0.174 e. The van der Waals surface area contributed by atoms with Crippen molar-refractivity contribution in [1.82, 2.24) is 9.88 Å². The smallest absolute Gasteiger partial charge is 0.174 e. The minimum Gasteiger partial charge on any atom is -0.492 e. The highest BCUT2D eigenvalue weighted by Gasteiger charge is 2.45. The Balaban J connectivity index is 1.82. The third-order valence-electron chi connectivity index (χ3n) is 5.21. The van der Waals surface area contributed by atoms with Gasteiger partial charge in [-0.05, 0) is 59.1 Å². The SMILES string of the molecule is CCOc1cc([C@H]2[C@@H](c3ccccn3)N=C3SC[C@@H](CC)N32)cc(Br)c1OC. The van der Waals surface area contributed by atoms with Crippen LogP contribution in [0.3, 0.4) is 0 Å². The molecule has 2 aliphatic heterocycles. The molecule has 148 valence electrons. The summed E-state index contributed by atoms with van der Waals surface area (Å²) in [7, 11) is 1.67. The Morgan fingerprint density at radius 3 is 2.82 bits per heavy atom. The van der Waals surface area contributed by atoms with Crippen molar-refractivity contribution in [3.8, 4) is 11.5 Å². The number of fused-ring (bicyclic) bond motifs is 1. The minimum absolute atomic E-state index is 0.0344. The lowest BCUT2D eigenvalue weighted by Gasteiger charge is -2.32. The van der Waals surface area contributed by atoms with Crippen LogP contribution in [-0.4, -0.2) is 40.6 Å². The van der Waals surface area contributed by atoms with E-state index in [0.29, 0.717) is 12.6 Å². The van der Waals surface area contributed by atoms with Crippen LogP contribution < -0.4 is 9.47 Å². The first kappa shape index (κ1) is 19.6. The fourth-order valence-electron chi connectivity index (χ4n) is 3.93. The van der Waals surface area contributed by atoms with Gasteiger partial charge in [-0.3, -0.25) is 9.98 Å². The van der Waals surface area contributed by atoms with Gasteiger partial charge in [-0.15, -0.1) is 0 Å². The molecule has 0 N–H and O–H groups in total. The van der Waals surface area contributed by atoms with Crippen molar-refractivity contribution in [2.24, 2.45) is 4.99 Å². The summed E-state index contributed by atoms with van der Waals surface area (Å²) in [5.74, 6) is 2.56. The van der Waals surface area contributed by atoms with Gasteiger partial charge in [-0.2, -0.15) is 0 Å². The van der Waals surface area contributed by atoms with Crippen LogP contribution in [0.4, 0.5) is 0 Å². The number of nitrogens with zero attached hydrogens (tertiary/aromatic N) is 3. The maximum absolute atomic E-state index is 5.88. The zero-order valence-corrected chi connectivity index (χ0v) is 18.7. The highest BCUT2D eigenvalue weighted by Crippen LogP contribution is 2.50. The number of ether oxygens (including phenoxy) is 2. The average Bonchev–Trinajstić information content (AvgIpc) is 3.27. The van der Waals surface area contributed by atoms with Crippen molar-refractivity contribution in [1.29, 1.82) is 0 Å². The topological polar surface area (TPSA) is 47.0 Å². The van der Waals surface area contributed by atoms with Gasteiger partial charge in [-0.1, -0.05) is 24.8 Å². The zero-order valence-electron chi connectivity index (χ0n) is 16.3. The number of hydrogen-bond donors (Lipinski definition) is 0. The number of rotatable bonds is 6. The van der Waals surface area contributed by atoms with Crippen molar-refractivity contribution in [2.45, 2.75) is 38.4 Å². The Bertz CT molecular complexity index is 877. The van der Waals surface area contributed by atoms with Crippen LogP contribution in [0.1, 0.15) is 43.6 Å². The number of amidine groups is 1. The number of aromatic nitrogens is 1. The van der Waals surface area contributed by atoms with Crippen molar-refractivity contribution in [3.63, 3.8) is 0 Å². The number of thioether (sulfide) groups is 1. The predicted octanol–water partition coefficient (Wildman–Crippen LogP) is 5.23. The predicted molar refractivity (Wildman–Crippen MR) is 117 cm³/mol. The number of halogens is 1. The van der Waals surface area contributed by atoms with E-state index < -0.39 is 0 Å². The summed E-state index contributed by atoms with van der Waals surface area (Å²) in [6.45, 7) is 4.81. The van der Waals surface area contributed by atoms with E-state index >= 15 is 0 Å². The molecular formula is C21H24BrN3O2S. The van der Waals surface area contributed by atoms with E-state index in [2.05, 4.69) is 50.9 Å². The lowest BCUT2D eigenvalue weighted by atomic mass is 9.95. The molecular weight excluding hydrogens is 438 g/mol. The molecule has 28 heavy (non-hydrogen) atoms. The molecule has 3 heterocycles. The second-order valence-corrected chi connectivity index (χ2v) is 8.64. The Hall–Kier alpha value is -1.73. The summed E-state index contributed by atoms with van der Waals surface area (Å²) in [5, 5.41) is 1.12. The Morgan fingerprint density at radius 1 is 1.29 bits per heavy atom. The van der Waals surface area contributed by atoms with Crippen LogP contribution in [0, 0.1) is 0 Å². The van der Waals surface area contributed by atoms with Crippen molar-refractivity contribution in [3.05, 3.63) is 52.3 Å². The number of aliphatic imine (C=N–C) groups is 1. The van der Waals surface area contributed by atoms with E-state index in [0.717, 1.165) is 44.6 Å². The van der Waals surface area contributed by atoms with Gasteiger partial charge in [0.05, 0.1) is 29.9 Å². The monoisotopic (exact) mass is 461 g/mol. The van der Waals surface area contributed by atoms with E-state index in [9.17, 15) is 0 Å². The van der Waals surface area contributed by atoms with Crippen LogP contribution in [0.5, 0.6) is 11.5 Å². The largest absolute Gasteiger partial charge is 0.492 e. The number of methoxy groups -OCH3 is 1. The normalized spacial score (nSPS) is 23.5. The first-order chi connectivity index (χ1) is 13.7. The third kappa shape index (κ3) is 3.39. The highest BCUT2D eigenvalue weighted by atomic mass is 79.9. The molecule has 0 radical (unpaired) electrons. The van der Waals surface area contributed by atoms with E-state index in [1.807, 2.05) is 37.0 Å². The summed E-state index contributed by atoms with van der Waals surface area (Å²) in [4.78, 5) is 12.2. The van der Waals surface area contributed by atoms with Gasteiger partial charge in [0.15, 0.2) is 16.7 Å². The van der Waals surface area contributed by atoms with Gasteiger partial charge in [0, 0.05) is 18.0 Å². The van der Waals surface area contributed by atoms with Gasteiger partial charge in [0.2, 0.25) is 0 Å². The minimum atomic E-state index is -0.0344. The van der Waals surface area contributed by atoms with Crippen molar-refractivity contribution in [2.75, 3.05) is 19.5 Å². The first-order valence-corrected chi connectivity index (χ1v) is 11.4. The molecule has 1 aromatic heterocycles. The molecule has 2 aromatic rings. The van der Waals surface area contributed by atoms with Gasteiger partial charge in [0.25, 0.3) is 0 Å². The molecule has 0 spiro atoms. The molecule has 0 aliphatic carbocycles. The summed E-state index contributed by atoms with van der Waals surface area (Å²) in [5.41, 5.74) is 2.15. The fourth-order valence-corrected chi connectivity index (χ4v) is 5.89. The average molecular weight is 462 g/mol. The van der Waals surface area contributed by atoms with Crippen LogP contribution in [0.25, 0.3) is 0 Å². The Kier molecular flexibility index (Phi) is 5.83. The molecule has 0 unspecified atom stereocenters. The Labute approximate surface area is 178 Å². The highest BCUT2D eigenvalue weighted by molar-refractivity contribution is 9.10. The molecule has 0 amide bonds. The Morgan fingerprint density at radius 2 is 2.14 bits per heavy atom. The van der Waals surface area contributed by atoms with Crippen molar-refractivity contribution >= 4 is 32.9 Å². The second-order valence-electron chi connectivity index (χ2n) is 6.80. The molecule has 2 aliphatic rings. The summed E-state index contributed by atoms with van der Waals surface area (Å²) < 4.78 is 12.3. The second kappa shape index (κ2) is 8.33. The molecule has 0 bridgehead atoms. The van der Waals surface area contributed by atoms with Crippen molar-refractivity contribution < 1.29 is 9.47 Å². The molecule has 1 aromatic carbocycles. The lowest BCUT2D eigenvalue weighted by Crippen LogP contribution is -2.35. The van der Waals surface area contributed by atoms with E-state index in [1.54, 1.807) is 7.11 Å². The molecule has 7 heteroatoms. The molecule has 3 atom stereocenters. The molecule has 1 fully saturated rings. The maximum atomic E-state index is 5.88. The number of benzene rings is 1. The van der Waals surface area contributed by atoms with Gasteiger partial charge >= 0.3 is 0 Å². The summed E-state index contributed by atoms with van der Waals surface area (Å²) in [6, 6.07) is 10.8. The van der Waals surface area contributed by atoms with E-state index in [1.165, 1.54) is 0 Å². The van der Waals surface area contributed by atoms with Crippen LogP contribution in [0.15, 0.2) is 46.0 Å². The van der Waals surface area contributed by atoms with E-state index in [4.69, 9.17) is 14.5 Å². The van der Waals surface area contributed by atoms with Gasteiger partial charge < -0.3 is 14.4 Å². The van der Waals surface area contributed by atoms with Crippen LogP contribution >= 0.6 is 27.7 Å². The number of hydrogen-bond acceptors (Lipinski definition) is 6. The van der Waals surface area contributed by atoms with Gasteiger partial charge in [-0.25, -0.2) is 0 Å². The van der Waals surface area contributed by atoms with Crippen LogP contribution in [0.2, 0.25) is 0 Å². The first-order valence-electron chi connectivity index (χ1n) is 9.58.